The normalized spacial score (nSPS) is 52.7. The summed E-state index contributed by atoms with van der Waals surface area (Å²) in [7, 11) is 0. The number of rotatable bonds is 4. The van der Waals surface area contributed by atoms with Gasteiger partial charge in [-0.15, -0.1) is 0 Å². The number of ketones is 2. The lowest BCUT2D eigenvalue weighted by atomic mass is 9.45. The van der Waals surface area contributed by atoms with Gasteiger partial charge < -0.3 is 35.0 Å². The van der Waals surface area contributed by atoms with Crippen LogP contribution in [0.1, 0.15) is 65.7 Å². The molecule has 4 aliphatic carbocycles. The number of ether oxygens (including phenoxy) is 2. The van der Waals surface area contributed by atoms with Gasteiger partial charge >= 0.3 is 0 Å². The largest absolute Gasteiger partial charge is 0.394 e. The van der Waals surface area contributed by atoms with E-state index in [0.29, 0.717) is 32.1 Å². The number of fused-ring (bicyclic) bond motifs is 5. The van der Waals surface area contributed by atoms with Crippen LogP contribution in [0.4, 0.5) is 0 Å². The van der Waals surface area contributed by atoms with Crippen LogP contribution in [0.5, 0.6) is 0 Å². The van der Waals surface area contributed by atoms with E-state index in [9.17, 15) is 35.1 Å². The molecule has 5 aliphatic rings. The minimum Gasteiger partial charge on any atom is -0.394 e. The van der Waals surface area contributed by atoms with Gasteiger partial charge in [0.15, 0.2) is 12.1 Å². The molecule has 1 heterocycles. The summed E-state index contributed by atoms with van der Waals surface area (Å²) in [6, 6.07) is 0. The van der Waals surface area contributed by atoms with Crippen LogP contribution in [0, 0.1) is 28.6 Å². The molecule has 12 unspecified atom stereocenters. The maximum Gasteiger partial charge on any atom is 0.186 e. The SMILES string of the molecule is CC(=O)C1CCC2(O)C3C(=O)C=C4CC(OC5OC(CO)C(O)C(O)C5O)CCC4(C)C3CCC12C. The second-order valence-electron chi connectivity index (χ2n) is 12.4. The van der Waals surface area contributed by atoms with Crippen molar-refractivity contribution in [2.75, 3.05) is 6.61 Å². The predicted molar refractivity (Wildman–Crippen MR) is 126 cm³/mol. The Labute approximate surface area is 211 Å². The molecular formula is C27H40O9. The van der Waals surface area contributed by atoms with E-state index < -0.39 is 54.2 Å². The number of aliphatic hydroxyl groups excluding tert-OH is 4. The standard InChI is InChI=1S/C27H40O9/c1-13(29)16-6-9-27(34)20-17(5-8-26(16,27)3)25(2)7-4-15(10-14(25)11-18(20)30)35-24-23(33)22(32)21(31)19(12-28)36-24/h11,15-17,19-24,28,31-34H,4-10,12H2,1-3H3. The zero-order valence-corrected chi connectivity index (χ0v) is 21.3. The lowest BCUT2D eigenvalue weighted by Crippen LogP contribution is -2.63. The highest BCUT2D eigenvalue weighted by molar-refractivity contribution is 5.95. The summed E-state index contributed by atoms with van der Waals surface area (Å²) in [6.07, 6.45) is -1.02. The summed E-state index contributed by atoms with van der Waals surface area (Å²) in [5.41, 5.74) is -1.12. The number of Topliss-reactive ketones (excluding diaryl/α,β-unsaturated/α-hetero) is 1. The minimum absolute atomic E-state index is 0.0259. The van der Waals surface area contributed by atoms with Gasteiger partial charge in [-0.1, -0.05) is 19.4 Å². The number of carbonyl (C=O) groups is 2. The molecule has 1 saturated heterocycles. The van der Waals surface area contributed by atoms with Crippen LogP contribution >= 0.6 is 0 Å². The fourth-order valence-corrected chi connectivity index (χ4v) is 8.49. The highest BCUT2D eigenvalue weighted by Crippen LogP contribution is 2.67. The first-order chi connectivity index (χ1) is 16.9. The number of carbonyl (C=O) groups excluding carboxylic acids is 2. The fourth-order valence-electron chi connectivity index (χ4n) is 8.49. The molecule has 0 aromatic rings. The molecule has 4 fully saturated rings. The van der Waals surface area contributed by atoms with E-state index in [0.717, 1.165) is 18.4 Å². The number of hydrogen-bond donors (Lipinski definition) is 5. The Kier molecular flexibility index (Phi) is 6.55. The van der Waals surface area contributed by atoms with Crippen molar-refractivity contribution >= 4 is 11.6 Å². The second-order valence-corrected chi connectivity index (χ2v) is 12.4. The fraction of sp³-hybridized carbons (Fsp3) is 0.852. The van der Waals surface area contributed by atoms with Crippen molar-refractivity contribution in [3.8, 4) is 0 Å². The van der Waals surface area contributed by atoms with Gasteiger partial charge in [0, 0.05) is 11.3 Å². The third-order valence-electron chi connectivity index (χ3n) is 10.7. The van der Waals surface area contributed by atoms with Crippen LogP contribution in [-0.2, 0) is 19.1 Å². The summed E-state index contributed by atoms with van der Waals surface area (Å²) >= 11 is 0. The zero-order valence-electron chi connectivity index (χ0n) is 21.3. The average Bonchev–Trinajstić information content (AvgIpc) is 3.11. The number of allylic oxidation sites excluding steroid dienone is 1. The van der Waals surface area contributed by atoms with Crippen LogP contribution in [0.2, 0.25) is 0 Å². The molecule has 0 amide bonds. The lowest BCUT2D eigenvalue weighted by Gasteiger charge is -2.60. The topological polar surface area (TPSA) is 154 Å². The van der Waals surface area contributed by atoms with Crippen LogP contribution in [0.25, 0.3) is 0 Å². The van der Waals surface area contributed by atoms with Crippen LogP contribution in [0.3, 0.4) is 0 Å². The van der Waals surface area contributed by atoms with Crippen molar-refractivity contribution in [2.24, 2.45) is 28.6 Å². The molecule has 36 heavy (non-hydrogen) atoms. The van der Waals surface area contributed by atoms with E-state index in [-0.39, 0.29) is 34.9 Å². The maximum atomic E-state index is 13.6. The highest BCUT2D eigenvalue weighted by atomic mass is 16.7. The molecule has 5 N–H and O–H groups in total. The van der Waals surface area contributed by atoms with Crippen molar-refractivity contribution in [1.29, 1.82) is 0 Å². The zero-order chi connectivity index (χ0) is 26.2. The second kappa shape index (κ2) is 8.93. The Balaban J connectivity index is 1.37. The van der Waals surface area contributed by atoms with Crippen molar-refractivity contribution in [3.05, 3.63) is 11.6 Å². The predicted octanol–water partition coefficient (Wildman–Crippen LogP) is 0.633. The first-order valence-corrected chi connectivity index (χ1v) is 13.3. The van der Waals surface area contributed by atoms with Crippen LogP contribution in [-0.4, -0.2) is 86.1 Å². The Bertz CT molecular complexity index is 948. The lowest BCUT2D eigenvalue weighted by molar-refractivity contribution is -0.313. The molecule has 0 aromatic carbocycles. The van der Waals surface area contributed by atoms with Gasteiger partial charge in [-0.05, 0) is 69.3 Å². The van der Waals surface area contributed by atoms with Crippen molar-refractivity contribution in [1.82, 2.24) is 0 Å². The maximum absolute atomic E-state index is 13.6. The smallest absolute Gasteiger partial charge is 0.186 e. The number of hydrogen-bond acceptors (Lipinski definition) is 9. The quantitative estimate of drug-likeness (QED) is 0.368. The molecule has 0 spiro atoms. The van der Waals surface area contributed by atoms with Gasteiger partial charge in [0.05, 0.1) is 24.2 Å². The summed E-state index contributed by atoms with van der Waals surface area (Å²) in [5.74, 6) is -0.779. The Hall–Kier alpha value is -1.20. The molecule has 12 atom stereocenters. The third kappa shape index (κ3) is 3.61. The van der Waals surface area contributed by atoms with E-state index in [1.807, 2.05) is 6.92 Å². The third-order valence-corrected chi connectivity index (χ3v) is 10.7. The first kappa shape index (κ1) is 26.4. The first-order valence-electron chi connectivity index (χ1n) is 13.3. The minimum atomic E-state index is -1.51. The van der Waals surface area contributed by atoms with Crippen molar-refractivity contribution in [2.45, 2.75) is 108 Å². The molecule has 9 nitrogen and oxygen atoms in total. The van der Waals surface area contributed by atoms with Crippen molar-refractivity contribution in [3.63, 3.8) is 0 Å². The molecule has 9 heteroatoms. The molecule has 0 radical (unpaired) electrons. The molecular weight excluding hydrogens is 468 g/mol. The van der Waals surface area contributed by atoms with Gasteiger partial charge in [0.2, 0.25) is 0 Å². The monoisotopic (exact) mass is 508 g/mol. The van der Waals surface area contributed by atoms with Gasteiger partial charge in [-0.25, -0.2) is 0 Å². The average molecular weight is 509 g/mol. The summed E-state index contributed by atoms with van der Waals surface area (Å²) in [6.45, 7) is 5.22. The van der Waals surface area contributed by atoms with E-state index in [1.165, 1.54) is 0 Å². The molecule has 0 bridgehead atoms. The van der Waals surface area contributed by atoms with Gasteiger partial charge in [0.1, 0.15) is 30.2 Å². The molecule has 5 rings (SSSR count). The molecule has 0 aromatic heterocycles. The van der Waals surface area contributed by atoms with Crippen molar-refractivity contribution < 1.29 is 44.6 Å². The van der Waals surface area contributed by atoms with E-state index in [4.69, 9.17) is 9.47 Å². The summed E-state index contributed by atoms with van der Waals surface area (Å²) in [5, 5.41) is 51.9. The molecule has 3 saturated carbocycles. The van der Waals surface area contributed by atoms with E-state index in [2.05, 4.69) is 6.92 Å². The van der Waals surface area contributed by atoms with E-state index in [1.54, 1.807) is 13.0 Å². The van der Waals surface area contributed by atoms with Crippen LogP contribution in [0.15, 0.2) is 11.6 Å². The number of aliphatic hydroxyl groups is 5. The highest BCUT2D eigenvalue weighted by Gasteiger charge is 2.69. The summed E-state index contributed by atoms with van der Waals surface area (Å²) in [4.78, 5) is 26.0. The van der Waals surface area contributed by atoms with Gasteiger partial charge in [-0.2, -0.15) is 0 Å². The Morgan fingerprint density at radius 2 is 1.81 bits per heavy atom. The van der Waals surface area contributed by atoms with Gasteiger partial charge in [0.25, 0.3) is 0 Å². The van der Waals surface area contributed by atoms with Crippen LogP contribution < -0.4 is 0 Å². The Morgan fingerprint density at radius 1 is 1.08 bits per heavy atom. The van der Waals surface area contributed by atoms with E-state index >= 15 is 0 Å². The molecule has 1 aliphatic heterocycles. The molecule has 202 valence electrons. The summed E-state index contributed by atoms with van der Waals surface area (Å²) < 4.78 is 11.5. The van der Waals surface area contributed by atoms with Gasteiger partial charge in [-0.3, -0.25) is 9.59 Å². The Morgan fingerprint density at radius 3 is 2.47 bits per heavy atom.